The summed E-state index contributed by atoms with van der Waals surface area (Å²) in [6, 6.07) is 3.54. The van der Waals surface area contributed by atoms with Crippen molar-refractivity contribution in [3.05, 3.63) is 34.3 Å². The largest absolute Gasteiger partial charge is 0.295 e. The summed E-state index contributed by atoms with van der Waals surface area (Å²) in [5.41, 5.74) is -0.813. The van der Waals surface area contributed by atoms with Gasteiger partial charge in [0.1, 0.15) is 0 Å². The van der Waals surface area contributed by atoms with Crippen LogP contribution in [0, 0.1) is 0 Å². The fourth-order valence-electron chi connectivity index (χ4n) is 4.92. The number of sulfonamides is 1. The first-order valence-electron chi connectivity index (χ1n) is 11.5. The normalized spacial score (nSPS) is 22.0. The molecule has 1 saturated heterocycles. The minimum absolute atomic E-state index is 0.00236. The van der Waals surface area contributed by atoms with Gasteiger partial charge in [-0.2, -0.15) is 4.31 Å². The highest BCUT2D eigenvalue weighted by Crippen LogP contribution is 2.44. The van der Waals surface area contributed by atoms with Crippen LogP contribution in [0.5, 0.6) is 0 Å². The lowest BCUT2D eigenvalue weighted by Gasteiger charge is -2.51. The van der Waals surface area contributed by atoms with Gasteiger partial charge in [-0.15, -0.1) is 0 Å². The van der Waals surface area contributed by atoms with Gasteiger partial charge in [-0.1, -0.05) is 17.7 Å². The molecule has 0 unspecified atom stereocenters. The van der Waals surface area contributed by atoms with Crippen LogP contribution >= 0.6 is 11.6 Å². The van der Waals surface area contributed by atoms with E-state index in [9.17, 15) is 30.8 Å². The molecule has 0 radical (unpaired) electrons. The molecule has 2 fully saturated rings. The van der Waals surface area contributed by atoms with E-state index in [2.05, 4.69) is 4.90 Å². The van der Waals surface area contributed by atoms with Crippen LogP contribution in [-0.2, 0) is 15.9 Å². The average molecular weight is 527 g/mol. The quantitative estimate of drug-likeness (QED) is 0.339. The van der Waals surface area contributed by atoms with E-state index in [1.165, 1.54) is 16.4 Å². The molecule has 1 heterocycles. The lowest BCUT2D eigenvalue weighted by atomic mass is 9.74. The smallest absolute Gasteiger partial charge is 0.270 e. The molecule has 0 N–H and O–H groups in total. The minimum atomic E-state index is -3.33. The van der Waals surface area contributed by atoms with Gasteiger partial charge in [0, 0.05) is 69.0 Å². The van der Waals surface area contributed by atoms with Crippen molar-refractivity contribution in [1.82, 2.24) is 9.21 Å². The van der Waals surface area contributed by atoms with Gasteiger partial charge in [0.15, 0.2) is 5.78 Å². The second-order valence-corrected chi connectivity index (χ2v) is 12.0. The maximum Gasteiger partial charge on any atom is 0.270 e. The molecule has 0 spiro atoms. The van der Waals surface area contributed by atoms with Crippen molar-refractivity contribution in [2.24, 2.45) is 0 Å². The van der Waals surface area contributed by atoms with Crippen LogP contribution in [0.1, 0.15) is 68.3 Å². The van der Waals surface area contributed by atoms with Crippen molar-refractivity contribution in [2.75, 3.05) is 31.9 Å². The molecule has 0 bridgehead atoms. The van der Waals surface area contributed by atoms with Gasteiger partial charge >= 0.3 is 0 Å². The Kier molecular flexibility index (Phi) is 8.07. The van der Waals surface area contributed by atoms with E-state index in [0.717, 1.165) is 13.0 Å². The first kappa shape index (κ1) is 27.4. The number of ketones is 1. The molecule has 3 rings (SSSR count). The highest BCUT2D eigenvalue weighted by molar-refractivity contribution is 7.89. The average Bonchev–Trinajstić information content (AvgIpc) is 2.78. The Hall–Kier alpha value is -1.23. The first-order chi connectivity index (χ1) is 15.7. The number of halogens is 5. The fourth-order valence-corrected chi connectivity index (χ4v) is 6.29. The SMILES string of the molecule is CCS(=O)(=O)N1CCN(C2(CCC(=O)c3ccc(C(C)(F)F)cc3Cl)CCC(F)(F)CC2)CC1. The van der Waals surface area contributed by atoms with E-state index in [0.29, 0.717) is 19.5 Å². The molecular weight excluding hydrogens is 496 g/mol. The van der Waals surface area contributed by atoms with E-state index in [1.54, 1.807) is 6.92 Å². The van der Waals surface area contributed by atoms with Crippen molar-refractivity contribution in [2.45, 2.75) is 69.8 Å². The van der Waals surface area contributed by atoms with Gasteiger partial charge in [-0.25, -0.2) is 26.0 Å². The Balaban J connectivity index is 1.74. The summed E-state index contributed by atoms with van der Waals surface area (Å²) in [7, 11) is -3.33. The fraction of sp³-hybridized carbons (Fsp3) is 0.696. The molecular formula is C23H31ClF4N2O3S. The van der Waals surface area contributed by atoms with Crippen LogP contribution in [0.3, 0.4) is 0 Å². The van der Waals surface area contributed by atoms with Gasteiger partial charge in [-0.05, 0) is 38.3 Å². The van der Waals surface area contributed by atoms with E-state index in [4.69, 9.17) is 11.6 Å². The topological polar surface area (TPSA) is 57.7 Å². The Labute approximate surface area is 203 Å². The monoisotopic (exact) mass is 526 g/mol. The van der Waals surface area contributed by atoms with Crippen molar-refractivity contribution in [3.63, 3.8) is 0 Å². The number of hydrogen-bond donors (Lipinski definition) is 0. The van der Waals surface area contributed by atoms with Gasteiger partial charge in [-0.3, -0.25) is 9.69 Å². The predicted octanol–water partition coefficient (Wildman–Crippen LogP) is 5.33. The molecule has 2 aliphatic rings. The second kappa shape index (κ2) is 10.0. The van der Waals surface area contributed by atoms with Crippen LogP contribution in [0.15, 0.2) is 18.2 Å². The van der Waals surface area contributed by atoms with Crippen LogP contribution < -0.4 is 0 Å². The van der Waals surface area contributed by atoms with Gasteiger partial charge in [0.05, 0.1) is 10.8 Å². The molecule has 0 aromatic heterocycles. The van der Waals surface area contributed by atoms with E-state index in [1.807, 2.05) is 0 Å². The van der Waals surface area contributed by atoms with E-state index >= 15 is 0 Å². The lowest BCUT2D eigenvalue weighted by molar-refractivity contribution is -0.0891. The highest BCUT2D eigenvalue weighted by Gasteiger charge is 2.47. The summed E-state index contributed by atoms with van der Waals surface area (Å²) in [5, 5.41) is -0.0633. The number of carbonyl (C=O) groups is 1. The molecule has 192 valence electrons. The number of piperazine rings is 1. The molecule has 1 aromatic carbocycles. The van der Waals surface area contributed by atoms with Crippen molar-refractivity contribution in [1.29, 1.82) is 0 Å². The van der Waals surface area contributed by atoms with Crippen LogP contribution in [0.2, 0.25) is 5.02 Å². The molecule has 1 saturated carbocycles. The number of alkyl halides is 4. The predicted molar refractivity (Wildman–Crippen MR) is 123 cm³/mol. The highest BCUT2D eigenvalue weighted by atomic mass is 35.5. The molecule has 11 heteroatoms. The molecule has 34 heavy (non-hydrogen) atoms. The lowest BCUT2D eigenvalue weighted by Crippen LogP contribution is -2.60. The first-order valence-corrected chi connectivity index (χ1v) is 13.5. The van der Waals surface area contributed by atoms with E-state index < -0.39 is 27.4 Å². The molecule has 0 amide bonds. The number of rotatable bonds is 8. The number of nitrogens with zero attached hydrogens (tertiary/aromatic N) is 2. The Bertz CT molecular complexity index is 996. The number of Topliss-reactive ketones (excluding diaryl/α,β-unsaturated/α-hetero) is 1. The summed E-state index contributed by atoms with van der Waals surface area (Å²) in [6.07, 6.45) is 0.140. The molecule has 1 aromatic rings. The van der Waals surface area contributed by atoms with Crippen LogP contribution in [-0.4, -0.2) is 66.8 Å². The van der Waals surface area contributed by atoms with Gasteiger partial charge < -0.3 is 0 Å². The summed E-state index contributed by atoms with van der Waals surface area (Å²) in [5.74, 6) is -6.18. The number of hydrogen-bond acceptors (Lipinski definition) is 4. The molecule has 1 aliphatic heterocycles. The van der Waals surface area contributed by atoms with Crippen molar-refractivity contribution >= 4 is 27.4 Å². The van der Waals surface area contributed by atoms with Crippen LogP contribution in [0.4, 0.5) is 17.6 Å². The van der Waals surface area contributed by atoms with Gasteiger partial charge in [0.25, 0.3) is 5.92 Å². The minimum Gasteiger partial charge on any atom is -0.295 e. The number of benzene rings is 1. The second-order valence-electron chi connectivity index (χ2n) is 9.37. The molecule has 0 atom stereocenters. The zero-order valence-corrected chi connectivity index (χ0v) is 21.0. The third kappa shape index (κ3) is 6.12. The molecule has 1 aliphatic carbocycles. The maximum absolute atomic E-state index is 14.0. The third-order valence-corrected chi connectivity index (χ3v) is 9.37. The maximum atomic E-state index is 14.0. The Morgan fingerprint density at radius 3 is 2.18 bits per heavy atom. The summed E-state index contributed by atoms with van der Waals surface area (Å²) in [4.78, 5) is 15.0. The standard InChI is InChI=1S/C23H31ClF4N2O3S/c1-3-34(32,33)30-14-12-29(13-15-30)22(8-10-23(27,28)11-9-22)7-6-20(31)18-5-4-17(16-19(18)24)21(2,25)26/h4-5,16H,3,6-15H2,1-2H3. The van der Waals surface area contributed by atoms with Crippen molar-refractivity contribution in [3.8, 4) is 0 Å². The summed E-state index contributed by atoms with van der Waals surface area (Å²) < 4.78 is 80.9. The zero-order chi connectivity index (χ0) is 25.4. The Morgan fingerprint density at radius 2 is 1.68 bits per heavy atom. The summed E-state index contributed by atoms with van der Waals surface area (Å²) in [6.45, 7) is 3.69. The molecule has 5 nitrogen and oxygen atoms in total. The van der Waals surface area contributed by atoms with E-state index in [-0.39, 0.29) is 72.9 Å². The zero-order valence-electron chi connectivity index (χ0n) is 19.4. The van der Waals surface area contributed by atoms with Crippen LogP contribution in [0.25, 0.3) is 0 Å². The summed E-state index contributed by atoms with van der Waals surface area (Å²) >= 11 is 6.12. The van der Waals surface area contributed by atoms with Gasteiger partial charge in [0.2, 0.25) is 15.9 Å². The third-order valence-electron chi connectivity index (χ3n) is 7.17. The number of carbonyl (C=O) groups excluding carboxylic acids is 1. The Morgan fingerprint density at radius 1 is 1.09 bits per heavy atom. The van der Waals surface area contributed by atoms with Crippen molar-refractivity contribution < 1.29 is 30.8 Å².